The first-order valence-corrected chi connectivity index (χ1v) is 7.38. The zero-order chi connectivity index (χ0) is 14.2. The molecule has 2 aromatic heterocycles. The fraction of sp³-hybridized carbons (Fsp3) is 0.200. The summed E-state index contributed by atoms with van der Waals surface area (Å²) in [6, 6.07) is 1.65. The quantitative estimate of drug-likeness (QED) is 0.880. The molecule has 2 heterocycles. The standard InChI is InChI=1S/C10H10Cl2N4O2S/c1-6-3-4-13-9(12)8(6)15-19(17,18)10-7(11)5-14-16(10)2/h3-5,15H,1-2H3. The summed E-state index contributed by atoms with van der Waals surface area (Å²) >= 11 is 11.7. The summed E-state index contributed by atoms with van der Waals surface area (Å²) in [4.78, 5) is 3.83. The van der Waals surface area contributed by atoms with Crippen LogP contribution < -0.4 is 4.72 Å². The van der Waals surface area contributed by atoms with Gasteiger partial charge in [-0.25, -0.2) is 4.98 Å². The molecule has 6 nitrogen and oxygen atoms in total. The molecule has 0 unspecified atom stereocenters. The maximum atomic E-state index is 12.3. The first kappa shape index (κ1) is 14.1. The number of rotatable bonds is 3. The van der Waals surface area contributed by atoms with E-state index in [1.165, 1.54) is 24.1 Å². The number of aromatic nitrogens is 3. The number of anilines is 1. The predicted molar refractivity (Wildman–Crippen MR) is 73.0 cm³/mol. The summed E-state index contributed by atoms with van der Waals surface area (Å²) in [5.74, 6) is 0. The normalized spacial score (nSPS) is 11.6. The first-order chi connectivity index (χ1) is 8.83. The van der Waals surface area contributed by atoms with Gasteiger partial charge in [0.25, 0.3) is 10.0 Å². The average Bonchev–Trinajstić information content (AvgIpc) is 2.64. The highest BCUT2D eigenvalue weighted by Gasteiger charge is 2.24. The van der Waals surface area contributed by atoms with Gasteiger partial charge in [-0.2, -0.15) is 13.5 Å². The zero-order valence-corrected chi connectivity index (χ0v) is 12.4. The third kappa shape index (κ3) is 2.68. The molecule has 19 heavy (non-hydrogen) atoms. The van der Waals surface area contributed by atoms with E-state index in [1.54, 1.807) is 13.0 Å². The molecule has 0 aliphatic carbocycles. The summed E-state index contributed by atoms with van der Waals surface area (Å²) in [5, 5.41) is 3.76. The minimum absolute atomic E-state index is 0.0349. The van der Waals surface area contributed by atoms with Crippen molar-refractivity contribution in [2.24, 2.45) is 7.05 Å². The second-order valence-electron chi connectivity index (χ2n) is 3.82. The van der Waals surface area contributed by atoms with E-state index in [0.29, 0.717) is 5.56 Å². The van der Waals surface area contributed by atoms with Crippen molar-refractivity contribution >= 4 is 38.9 Å². The Balaban J connectivity index is 2.49. The van der Waals surface area contributed by atoms with Gasteiger partial charge < -0.3 is 0 Å². The number of aryl methyl sites for hydroxylation is 2. The number of pyridine rings is 1. The van der Waals surface area contributed by atoms with Crippen LogP contribution in [0.15, 0.2) is 23.5 Å². The van der Waals surface area contributed by atoms with E-state index in [-0.39, 0.29) is 20.9 Å². The lowest BCUT2D eigenvalue weighted by molar-refractivity contribution is 0.582. The van der Waals surface area contributed by atoms with Crippen LogP contribution in [0.1, 0.15) is 5.56 Å². The lowest BCUT2D eigenvalue weighted by atomic mass is 10.3. The summed E-state index contributed by atoms with van der Waals surface area (Å²) in [5.41, 5.74) is 0.878. The van der Waals surface area contributed by atoms with Gasteiger partial charge in [0.15, 0.2) is 10.2 Å². The van der Waals surface area contributed by atoms with Crippen molar-refractivity contribution in [1.29, 1.82) is 0 Å². The van der Waals surface area contributed by atoms with Crippen molar-refractivity contribution in [3.05, 3.63) is 34.2 Å². The Kier molecular flexibility index (Phi) is 3.71. The van der Waals surface area contributed by atoms with Crippen molar-refractivity contribution < 1.29 is 8.42 Å². The number of hydrogen-bond donors (Lipinski definition) is 1. The van der Waals surface area contributed by atoms with Crippen LogP contribution in [-0.4, -0.2) is 23.2 Å². The number of nitrogens with zero attached hydrogens (tertiary/aromatic N) is 3. The monoisotopic (exact) mass is 320 g/mol. The van der Waals surface area contributed by atoms with E-state index in [4.69, 9.17) is 23.2 Å². The molecule has 2 aromatic rings. The van der Waals surface area contributed by atoms with Crippen molar-refractivity contribution in [1.82, 2.24) is 14.8 Å². The second kappa shape index (κ2) is 4.99. The van der Waals surface area contributed by atoms with E-state index in [0.717, 1.165) is 0 Å². The molecule has 0 atom stereocenters. The molecule has 0 aliphatic rings. The smallest absolute Gasteiger partial charge is 0.275 e. The van der Waals surface area contributed by atoms with Gasteiger partial charge in [0.2, 0.25) is 0 Å². The van der Waals surface area contributed by atoms with Gasteiger partial charge in [0, 0.05) is 13.2 Å². The summed E-state index contributed by atoms with van der Waals surface area (Å²) < 4.78 is 28.1. The number of hydrogen-bond acceptors (Lipinski definition) is 4. The minimum atomic E-state index is -3.88. The third-order valence-electron chi connectivity index (χ3n) is 2.45. The fourth-order valence-corrected chi connectivity index (χ4v) is 3.64. The highest BCUT2D eigenvalue weighted by Crippen LogP contribution is 2.28. The van der Waals surface area contributed by atoms with Gasteiger partial charge in [0.1, 0.15) is 0 Å². The Morgan fingerprint density at radius 3 is 2.58 bits per heavy atom. The van der Waals surface area contributed by atoms with Gasteiger partial charge in [-0.15, -0.1) is 0 Å². The molecule has 102 valence electrons. The topological polar surface area (TPSA) is 76.9 Å². The van der Waals surface area contributed by atoms with E-state index in [9.17, 15) is 8.42 Å². The molecule has 0 fully saturated rings. The molecule has 9 heteroatoms. The number of nitrogens with one attached hydrogen (secondary N) is 1. The maximum Gasteiger partial charge on any atom is 0.280 e. The largest absolute Gasteiger partial charge is 0.280 e. The van der Waals surface area contributed by atoms with Crippen LogP contribution in [0.2, 0.25) is 10.2 Å². The van der Waals surface area contributed by atoms with Crippen molar-refractivity contribution in [3.63, 3.8) is 0 Å². The molecule has 0 saturated carbocycles. The Hall–Kier alpha value is -1.31. The van der Waals surface area contributed by atoms with Gasteiger partial charge in [0.05, 0.1) is 16.9 Å². The Labute approximate surface area is 120 Å². The molecule has 0 amide bonds. The van der Waals surface area contributed by atoms with Gasteiger partial charge in [-0.3, -0.25) is 9.40 Å². The summed E-state index contributed by atoms with van der Waals surface area (Å²) in [6.07, 6.45) is 2.75. The number of halogens is 2. The van der Waals surface area contributed by atoms with E-state index in [1.807, 2.05) is 0 Å². The van der Waals surface area contributed by atoms with E-state index in [2.05, 4.69) is 14.8 Å². The minimum Gasteiger partial charge on any atom is -0.275 e. The van der Waals surface area contributed by atoms with Crippen LogP contribution in [-0.2, 0) is 17.1 Å². The lowest BCUT2D eigenvalue weighted by Gasteiger charge is -2.11. The molecular weight excluding hydrogens is 311 g/mol. The fourth-order valence-electron chi connectivity index (χ4n) is 1.53. The van der Waals surface area contributed by atoms with Crippen LogP contribution in [0.25, 0.3) is 0 Å². The first-order valence-electron chi connectivity index (χ1n) is 5.14. The SMILES string of the molecule is Cc1ccnc(Cl)c1NS(=O)(=O)c1c(Cl)cnn1C. The van der Waals surface area contributed by atoms with Crippen molar-refractivity contribution in [2.75, 3.05) is 4.72 Å². The number of sulfonamides is 1. The van der Waals surface area contributed by atoms with Crippen molar-refractivity contribution in [2.45, 2.75) is 11.9 Å². The zero-order valence-electron chi connectivity index (χ0n) is 10.1. The molecule has 0 bridgehead atoms. The summed E-state index contributed by atoms with van der Waals surface area (Å²) in [7, 11) is -2.40. The molecule has 0 spiro atoms. The highest BCUT2D eigenvalue weighted by molar-refractivity contribution is 7.92. The van der Waals surface area contributed by atoms with E-state index < -0.39 is 10.0 Å². The predicted octanol–water partition coefficient (Wildman–Crippen LogP) is 2.23. The molecule has 2 rings (SSSR count). The molecule has 1 N–H and O–H groups in total. The van der Waals surface area contributed by atoms with Crippen LogP contribution in [0.3, 0.4) is 0 Å². The van der Waals surface area contributed by atoms with Crippen LogP contribution >= 0.6 is 23.2 Å². The average molecular weight is 321 g/mol. The van der Waals surface area contributed by atoms with Gasteiger partial charge in [-0.1, -0.05) is 23.2 Å². The van der Waals surface area contributed by atoms with E-state index >= 15 is 0 Å². The molecule has 0 aromatic carbocycles. The second-order valence-corrected chi connectivity index (χ2v) is 6.18. The Morgan fingerprint density at radius 1 is 1.37 bits per heavy atom. The van der Waals surface area contributed by atoms with Gasteiger partial charge >= 0.3 is 0 Å². The van der Waals surface area contributed by atoms with Crippen molar-refractivity contribution in [3.8, 4) is 0 Å². The van der Waals surface area contributed by atoms with Crippen LogP contribution in [0.4, 0.5) is 5.69 Å². The molecule has 0 aliphatic heterocycles. The molecule has 0 radical (unpaired) electrons. The lowest BCUT2D eigenvalue weighted by Crippen LogP contribution is -2.18. The van der Waals surface area contributed by atoms with Gasteiger partial charge in [-0.05, 0) is 18.6 Å². The highest BCUT2D eigenvalue weighted by atomic mass is 35.5. The van der Waals surface area contributed by atoms with Crippen LogP contribution in [0.5, 0.6) is 0 Å². The third-order valence-corrected chi connectivity index (χ3v) is 4.59. The Morgan fingerprint density at radius 2 is 2.05 bits per heavy atom. The maximum absolute atomic E-state index is 12.3. The Bertz CT molecular complexity index is 687. The summed E-state index contributed by atoms with van der Waals surface area (Å²) in [6.45, 7) is 1.72. The van der Waals surface area contributed by atoms with Crippen LogP contribution in [0, 0.1) is 6.92 Å². The molecule has 0 saturated heterocycles. The molecular formula is C10H10Cl2N4O2S.